The van der Waals surface area contributed by atoms with Gasteiger partial charge in [-0.1, -0.05) is 18.2 Å². The molecule has 0 unspecified atom stereocenters. The molecule has 0 saturated carbocycles. The largest absolute Gasteiger partial charge is 0.298 e. The molecule has 16 heavy (non-hydrogen) atoms. The Hall–Kier alpha value is -0.630. The van der Waals surface area contributed by atoms with Crippen LogP contribution in [0, 0.1) is 10.2 Å². The molecule has 0 radical (unpaired) electrons. The smallest absolute Gasteiger partial charge is 0.155 e. The molecule has 0 aromatic heterocycles. The lowest BCUT2D eigenvalue weighted by Gasteiger charge is -2.39. The third-order valence-electron chi connectivity index (χ3n) is 2.16. The summed E-state index contributed by atoms with van der Waals surface area (Å²) in [4.78, 5) is 11.6. The third-order valence-corrected chi connectivity index (χ3v) is 6.45. The van der Waals surface area contributed by atoms with E-state index in [1.807, 2.05) is 0 Å². The van der Waals surface area contributed by atoms with Crippen LogP contribution in [-0.4, -0.2) is 17.3 Å². The molecule has 0 amide bonds. The number of hydrogen-bond acceptors (Lipinski definition) is 5. The topological polar surface area (TPSA) is 95.5 Å². The van der Waals surface area contributed by atoms with Gasteiger partial charge in [0.15, 0.2) is 5.78 Å². The summed E-state index contributed by atoms with van der Waals surface area (Å²) < 4.78 is 36.4. The van der Waals surface area contributed by atoms with Gasteiger partial charge in [0.2, 0.25) is 0 Å². The van der Waals surface area contributed by atoms with Crippen molar-refractivity contribution in [3.05, 3.63) is 30.3 Å². The molecule has 1 saturated heterocycles. The first-order valence-electron chi connectivity index (χ1n) is 4.39. The molecule has 88 valence electrons. The van der Waals surface area contributed by atoms with Gasteiger partial charge in [-0.05, 0) is 12.1 Å². The second-order valence-electron chi connectivity index (χ2n) is 3.39. The van der Waals surface area contributed by atoms with E-state index in [0.29, 0.717) is 4.90 Å². The Kier molecular flexibility index (Phi) is 2.95. The minimum absolute atomic E-state index is 0.00544. The number of halogens is 1. The molecule has 1 aliphatic heterocycles. The standard InChI is InChI=1S/C9H9ClO5S/c11-8-6-16(7-8,15-10(12,13)14)9-4-2-1-3-5-9/h1-5H,6-7H2. The number of carbonyl (C=O) groups excluding carboxylic acids is 1. The average Bonchev–Trinajstić information content (AvgIpc) is 2.14. The van der Waals surface area contributed by atoms with Gasteiger partial charge in [-0.25, -0.2) is 0 Å². The summed E-state index contributed by atoms with van der Waals surface area (Å²) in [7, 11) is -6.74. The Labute approximate surface area is 95.9 Å². The number of ketones is 1. The van der Waals surface area contributed by atoms with Gasteiger partial charge in [0.25, 0.3) is 0 Å². The highest BCUT2D eigenvalue weighted by Crippen LogP contribution is 2.63. The van der Waals surface area contributed by atoms with E-state index in [1.54, 1.807) is 30.3 Å². The summed E-state index contributed by atoms with van der Waals surface area (Å²) in [6, 6.07) is 8.53. The lowest BCUT2D eigenvalue weighted by molar-refractivity contribution is -1.91. The van der Waals surface area contributed by atoms with E-state index in [0.717, 1.165) is 0 Å². The fourth-order valence-corrected chi connectivity index (χ4v) is 5.31. The average molecular weight is 265 g/mol. The summed E-state index contributed by atoms with van der Waals surface area (Å²) in [6.07, 6.45) is 0. The number of Topliss-reactive ketones (excluding diaryl/α,β-unsaturated/α-hetero) is 1. The highest BCUT2D eigenvalue weighted by molar-refractivity contribution is 8.32. The Balaban J connectivity index is 2.27. The number of hydrogen-bond donors (Lipinski definition) is 0. The molecule has 1 aliphatic rings. The fourth-order valence-electron chi connectivity index (χ4n) is 1.54. The zero-order valence-corrected chi connectivity index (χ0v) is 9.70. The lowest BCUT2D eigenvalue weighted by Crippen LogP contribution is -2.62. The predicted molar refractivity (Wildman–Crippen MR) is 48.1 cm³/mol. The molecule has 1 heterocycles. The second-order valence-corrected chi connectivity index (χ2v) is 7.33. The van der Waals surface area contributed by atoms with Gasteiger partial charge in [0, 0.05) is 4.90 Å². The van der Waals surface area contributed by atoms with Crippen molar-refractivity contribution in [1.82, 2.24) is 0 Å². The molecule has 0 aliphatic carbocycles. The quantitative estimate of drug-likeness (QED) is 0.646. The van der Waals surface area contributed by atoms with Gasteiger partial charge in [0.05, 0.1) is 32.1 Å². The van der Waals surface area contributed by atoms with Crippen molar-refractivity contribution >= 4 is 16.1 Å². The van der Waals surface area contributed by atoms with Crippen LogP contribution in [0.3, 0.4) is 0 Å². The Morgan fingerprint density at radius 2 is 1.69 bits per heavy atom. The van der Waals surface area contributed by atoms with Gasteiger partial charge in [0.1, 0.15) is 3.74 Å². The maximum absolute atomic E-state index is 11.0. The van der Waals surface area contributed by atoms with E-state index in [1.165, 1.54) is 0 Å². The number of rotatable bonds is 3. The summed E-state index contributed by atoms with van der Waals surface area (Å²) in [6.45, 7) is 0. The van der Waals surface area contributed by atoms with E-state index >= 15 is 0 Å². The van der Waals surface area contributed by atoms with Crippen LogP contribution in [0.1, 0.15) is 0 Å². The maximum Gasteiger partial charge on any atom is 0.155 e. The van der Waals surface area contributed by atoms with Crippen molar-refractivity contribution < 1.29 is 32.8 Å². The molecule has 0 bridgehead atoms. The normalized spacial score (nSPS) is 21.3. The van der Waals surface area contributed by atoms with E-state index in [2.05, 4.69) is 3.74 Å². The molecule has 1 aromatic rings. The van der Waals surface area contributed by atoms with Crippen LogP contribution >= 0.6 is 10.3 Å². The zero-order valence-electron chi connectivity index (χ0n) is 8.13. The number of carbonyl (C=O) groups is 1. The van der Waals surface area contributed by atoms with E-state index in [9.17, 15) is 18.8 Å². The highest BCUT2D eigenvalue weighted by atomic mass is 35.7. The summed E-state index contributed by atoms with van der Waals surface area (Å²) >= 11 is 0. The Morgan fingerprint density at radius 3 is 2.12 bits per heavy atom. The molecule has 0 atom stereocenters. The molecule has 2 rings (SSSR count). The SMILES string of the molecule is O=C1CS(O[Cl+3]([O-])([O-])[O-])(c2ccccc2)C1. The molecule has 7 heteroatoms. The van der Waals surface area contributed by atoms with Crippen LogP contribution in [-0.2, 0) is 8.53 Å². The van der Waals surface area contributed by atoms with Crippen molar-refractivity contribution in [2.24, 2.45) is 0 Å². The second kappa shape index (κ2) is 3.99. The maximum atomic E-state index is 11.0. The molecule has 1 aromatic carbocycles. The van der Waals surface area contributed by atoms with E-state index in [4.69, 9.17) is 0 Å². The molecule has 0 N–H and O–H groups in total. The lowest BCUT2D eigenvalue weighted by atomic mass is 10.4. The first-order valence-corrected chi connectivity index (χ1v) is 7.52. The monoisotopic (exact) mass is 264 g/mol. The van der Waals surface area contributed by atoms with Crippen molar-refractivity contribution in [2.75, 3.05) is 11.5 Å². The van der Waals surface area contributed by atoms with Crippen LogP contribution < -0.4 is 14.0 Å². The van der Waals surface area contributed by atoms with Crippen LogP contribution in [0.25, 0.3) is 0 Å². The van der Waals surface area contributed by atoms with E-state index in [-0.39, 0.29) is 17.3 Å². The van der Waals surface area contributed by atoms with Gasteiger partial charge < -0.3 is 0 Å². The van der Waals surface area contributed by atoms with E-state index < -0.39 is 20.6 Å². The highest BCUT2D eigenvalue weighted by Gasteiger charge is 2.52. The zero-order chi connectivity index (χ0) is 11.8. The minimum Gasteiger partial charge on any atom is -0.298 e. The Bertz CT molecular complexity index is 394. The van der Waals surface area contributed by atoms with Crippen LogP contribution in [0.5, 0.6) is 0 Å². The van der Waals surface area contributed by atoms with Crippen molar-refractivity contribution in [3.8, 4) is 0 Å². The van der Waals surface area contributed by atoms with Crippen molar-refractivity contribution in [1.29, 1.82) is 0 Å². The van der Waals surface area contributed by atoms with Crippen LogP contribution in [0.15, 0.2) is 35.2 Å². The van der Waals surface area contributed by atoms with Gasteiger partial charge in [-0.3, -0.25) is 4.79 Å². The third kappa shape index (κ3) is 2.37. The molecule has 5 nitrogen and oxygen atoms in total. The molecular weight excluding hydrogens is 256 g/mol. The van der Waals surface area contributed by atoms with Crippen molar-refractivity contribution in [2.45, 2.75) is 4.90 Å². The molecule has 1 fully saturated rings. The first kappa shape index (κ1) is 11.8. The number of benzene rings is 1. The predicted octanol–water partition coefficient (Wildman–Crippen LogP) is -1.74. The summed E-state index contributed by atoms with van der Waals surface area (Å²) in [5.41, 5.74) is 0. The van der Waals surface area contributed by atoms with Gasteiger partial charge >= 0.3 is 0 Å². The first-order chi connectivity index (χ1) is 7.41. The van der Waals surface area contributed by atoms with Crippen LogP contribution in [0.2, 0.25) is 0 Å². The van der Waals surface area contributed by atoms with Gasteiger partial charge in [-0.2, -0.15) is 14.0 Å². The summed E-state index contributed by atoms with van der Waals surface area (Å²) in [5, 5.41) is 0. The fraction of sp³-hybridized carbons (Fsp3) is 0.222. The molecular formula is C9H9ClO5S. The Morgan fingerprint density at radius 1 is 1.12 bits per heavy atom. The molecule has 0 spiro atoms. The minimum atomic E-state index is -4.50. The summed E-state index contributed by atoms with van der Waals surface area (Å²) in [5.74, 6) is -0.0746. The van der Waals surface area contributed by atoms with Crippen LogP contribution in [0.4, 0.5) is 0 Å². The van der Waals surface area contributed by atoms with Gasteiger partial charge in [-0.15, -0.1) is 0 Å². The van der Waals surface area contributed by atoms with Crippen molar-refractivity contribution in [3.63, 3.8) is 0 Å².